The fraction of sp³-hybridized carbons (Fsp3) is 0.920. The summed E-state index contributed by atoms with van der Waals surface area (Å²) in [6.07, 6.45) is 5.69. The second kappa shape index (κ2) is 10.5. The first kappa shape index (κ1) is 26.3. The normalized spacial score (nSPS) is 33.2. The molecule has 3 fully saturated rings. The number of piperazine rings is 1. The molecule has 0 aromatic carbocycles. The summed E-state index contributed by atoms with van der Waals surface area (Å²) >= 11 is 0. The van der Waals surface area contributed by atoms with Gasteiger partial charge in [-0.15, -0.1) is 0 Å². The first-order chi connectivity index (χ1) is 15.4. The summed E-state index contributed by atoms with van der Waals surface area (Å²) < 4.78 is 31.0. The van der Waals surface area contributed by atoms with Gasteiger partial charge in [0.25, 0.3) is 0 Å². The highest BCUT2D eigenvalue weighted by atomic mass is 32.2. The highest BCUT2D eigenvalue weighted by Crippen LogP contribution is 2.43. The average molecular weight is 485 g/mol. The fourth-order valence-electron chi connectivity index (χ4n) is 6.63. The molecule has 1 heterocycles. The molecule has 190 valence electrons. The van der Waals surface area contributed by atoms with Crippen molar-refractivity contribution in [1.29, 1.82) is 0 Å². The maximum absolute atomic E-state index is 12.9. The molecule has 0 radical (unpaired) electrons. The molecule has 3 aliphatic rings. The molecule has 0 aromatic rings. The minimum Gasteiger partial charge on any atom is -0.447 e. The van der Waals surface area contributed by atoms with E-state index >= 15 is 0 Å². The number of ether oxygens (including phenoxy) is 1. The molecule has 2 amide bonds. The Bertz CT molecular complexity index is 804. The van der Waals surface area contributed by atoms with E-state index in [4.69, 9.17) is 4.74 Å². The molecule has 0 aromatic heterocycles. The number of amides is 2. The number of hydrogen-bond donors (Lipinski definition) is 0. The van der Waals surface area contributed by atoms with Gasteiger partial charge in [0.05, 0.1) is 29.2 Å². The topological polar surface area (TPSA) is 84.0 Å². The lowest BCUT2D eigenvalue weighted by atomic mass is 9.69. The van der Waals surface area contributed by atoms with Crippen LogP contribution in [-0.2, 0) is 19.4 Å². The predicted molar refractivity (Wildman–Crippen MR) is 130 cm³/mol. The zero-order valence-corrected chi connectivity index (χ0v) is 22.1. The number of sulfone groups is 1. The fourth-order valence-corrected chi connectivity index (χ4v) is 8.82. The maximum Gasteiger partial charge on any atom is 0.410 e. The summed E-state index contributed by atoms with van der Waals surface area (Å²) in [6.45, 7) is 11.8. The van der Waals surface area contributed by atoms with Gasteiger partial charge < -0.3 is 14.5 Å². The number of carbonyl (C=O) groups is 2. The number of carbonyl (C=O) groups excluding carboxylic acids is 2. The molecule has 1 saturated heterocycles. The van der Waals surface area contributed by atoms with E-state index in [2.05, 4.69) is 0 Å². The molecule has 0 bridgehead atoms. The summed E-state index contributed by atoms with van der Waals surface area (Å²) in [4.78, 5) is 29.2. The molecule has 3 unspecified atom stereocenters. The van der Waals surface area contributed by atoms with Gasteiger partial charge in [0.15, 0.2) is 9.84 Å². The van der Waals surface area contributed by atoms with Crippen LogP contribution < -0.4 is 0 Å². The van der Waals surface area contributed by atoms with Crippen LogP contribution in [-0.4, -0.2) is 72.0 Å². The Morgan fingerprint density at radius 1 is 0.939 bits per heavy atom. The van der Waals surface area contributed by atoms with Gasteiger partial charge in [-0.25, -0.2) is 13.2 Å². The quantitative estimate of drug-likeness (QED) is 0.582. The van der Waals surface area contributed by atoms with Crippen molar-refractivity contribution in [1.82, 2.24) is 9.80 Å². The second-order valence-electron chi connectivity index (χ2n) is 11.3. The largest absolute Gasteiger partial charge is 0.447 e. The van der Waals surface area contributed by atoms with Crippen LogP contribution in [0.5, 0.6) is 0 Å². The Kier molecular flexibility index (Phi) is 8.39. The Hall–Kier alpha value is -1.31. The van der Waals surface area contributed by atoms with Crippen molar-refractivity contribution in [2.45, 2.75) is 116 Å². The van der Waals surface area contributed by atoms with Crippen LogP contribution in [0.3, 0.4) is 0 Å². The summed E-state index contributed by atoms with van der Waals surface area (Å²) in [6, 6.07) is -0.0240. The van der Waals surface area contributed by atoms with Gasteiger partial charge in [0, 0.05) is 19.5 Å². The minimum atomic E-state index is -3.02. The van der Waals surface area contributed by atoms with Crippen molar-refractivity contribution >= 4 is 21.8 Å². The van der Waals surface area contributed by atoms with Crippen molar-refractivity contribution in [3.05, 3.63) is 0 Å². The predicted octanol–water partition coefficient (Wildman–Crippen LogP) is 4.25. The summed E-state index contributed by atoms with van der Waals surface area (Å²) in [5, 5.41) is -0.200. The van der Waals surface area contributed by atoms with Gasteiger partial charge in [-0.05, 0) is 83.5 Å². The lowest BCUT2D eigenvalue weighted by Gasteiger charge is -2.54. The van der Waals surface area contributed by atoms with Gasteiger partial charge in [0.1, 0.15) is 0 Å². The van der Waals surface area contributed by atoms with E-state index in [1.165, 1.54) is 0 Å². The summed E-state index contributed by atoms with van der Waals surface area (Å²) in [5.41, 5.74) is 0. The Morgan fingerprint density at radius 2 is 1.55 bits per heavy atom. The molecule has 2 aliphatic carbocycles. The van der Waals surface area contributed by atoms with Gasteiger partial charge in [-0.1, -0.05) is 13.8 Å². The molecule has 0 spiro atoms. The summed E-state index contributed by atoms with van der Waals surface area (Å²) in [5.74, 6) is 1.46. The third kappa shape index (κ3) is 6.04. The zero-order valence-electron chi connectivity index (χ0n) is 21.3. The van der Waals surface area contributed by atoms with Crippen LogP contribution in [0.1, 0.15) is 86.5 Å². The standard InChI is InChI=1S/C25H44N2O5S/c1-16(2)15-33(30,31)22-10-7-20(8-11-22)21-9-12-23-24(13-21)26(25(29)32-17(3)4)14-18(5)27(23)19(6)28/h16-18,20-24H,7-15H2,1-6H3/t18-,20?,21?,22?,23?,24?/m0/s1. The minimum absolute atomic E-state index is 0.0263. The van der Waals surface area contributed by atoms with E-state index in [0.29, 0.717) is 18.4 Å². The van der Waals surface area contributed by atoms with E-state index in [-0.39, 0.29) is 53.2 Å². The molecular weight excluding hydrogens is 440 g/mol. The van der Waals surface area contributed by atoms with Gasteiger partial charge >= 0.3 is 6.09 Å². The number of fused-ring (bicyclic) bond motifs is 1. The molecule has 2 saturated carbocycles. The van der Waals surface area contributed by atoms with E-state index in [1.54, 1.807) is 6.92 Å². The van der Waals surface area contributed by atoms with Gasteiger partial charge in [0.2, 0.25) is 5.91 Å². The Balaban J connectivity index is 1.70. The molecule has 0 N–H and O–H groups in total. The first-order valence-electron chi connectivity index (χ1n) is 12.9. The van der Waals surface area contributed by atoms with Crippen molar-refractivity contribution < 1.29 is 22.7 Å². The van der Waals surface area contributed by atoms with E-state index in [9.17, 15) is 18.0 Å². The van der Waals surface area contributed by atoms with Crippen LogP contribution in [0.2, 0.25) is 0 Å². The van der Waals surface area contributed by atoms with E-state index in [0.717, 1.165) is 44.9 Å². The van der Waals surface area contributed by atoms with Crippen molar-refractivity contribution in [3.8, 4) is 0 Å². The highest BCUT2D eigenvalue weighted by molar-refractivity contribution is 7.92. The molecule has 7 nitrogen and oxygen atoms in total. The number of nitrogens with zero attached hydrogens (tertiary/aromatic N) is 2. The van der Waals surface area contributed by atoms with Crippen LogP contribution >= 0.6 is 0 Å². The van der Waals surface area contributed by atoms with Crippen LogP contribution in [0.25, 0.3) is 0 Å². The van der Waals surface area contributed by atoms with Crippen molar-refractivity contribution in [3.63, 3.8) is 0 Å². The third-order valence-electron chi connectivity index (χ3n) is 7.91. The molecule has 8 heteroatoms. The van der Waals surface area contributed by atoms with Gasteiger partial charge in [-0.3, -0.25) is 4.79 Å². The molecule has 1 aliphatic heterocycles. The summed E-state index contributed by atoms with van der Waals surface area (Å²) in [7, 11) is -3.02. The van der Waals surface area contributed by atoms with Crippen LogP contribution in [0.4, 0.5) is 4.79 Å². The van der Waals surface area contributed by atoms with Crippen LogP contribution in [0.15, 0.2) is 0 Å². The number of rotatable bonds is 5. The van der Waals surface area contributed by atoms with Gasteiger partial charge in [-0.2, -0.15) is 0 Å². The van der Waals surface area contributed by atoms with Crippen LogP contribution in [0, 0.1) is 17.8 Å². The zero-order chi connectivity index (χ0) is 24.5. The average Bonchev–Trinajstić information content (AvgIpc) is 2.71. The Morgan fingerprint density at radius 3 is 2.09 bits per heavy atom. The SMILES string of the molecule is CC(=O)N1C2CCC(C3CCC(S(=O)(=O)CC(C)C)CC3)CC2N(C(=O)OC(C)C)C[C@@H]1C. The second-order valence-corrected chi connectivity index (χ2v) is 13.7. The van der Waals surface area contributed by atoms with Crippen molar-refractivity contribution in [2.75, 3.05) is 12.3 Å². The monoisotopic (exact) mass is 484 g/mol. The lowest BCUT2D eigenvalue weighted by molar-refractivity contribution is -0.142. The maximum atomic E-state index is 12.9. The third-order valence-corrected chi connectivity index (χ3v) is 10.5. The number of hydrogen-bond acceptors (Lipinski definition) is 5. The lowest BCUT2D eigenvalue weighted by Crippen LogP contribution is -2.67. The first-order valence-corrected chi connectivity index (χ1v) is 14.6. The van der Waals surface area contributed by atoms with E-state index in [1.807, 2.05) is 44.4 Å². The molecular formula is C25H44N2O5S. The highest BCUT2D eigenvalue weighted by Gasteiger charge is 2.48. The Labute approximate surface area is 200 Å². The molecule has 3 rings (SSSR count). The van der Waals surface area contributed by atoms with E-state index < -0.39 is 9.84 Å². The smallest absolute Gasteiger partial charge is 0.410 e. The van der Waals surface area contributed by atoms with Crippen molar-refractivity contribution in [2.24, 2.45) is 17.8 Å². The molecule has 4 atom stereocenters. The molecule has 33 heavy (non-hydrogen) atoms.